The Kier molecular flexibility index (Phi) is 8.67. The minimum atomic E-state index is -4.07. The first-order valence-corrected chi connectivity index (χ1v) is 12.4. The van der Waals surface area contributed by atoms with Crippen LogP contribution in [0.15, 0.2) is 65.6 Å². The molecule has 0 bridgehead atoms. The van der Waals surface area contributed by atoms with Gasteiger partial charge in [0.2, 0.25) is 15.9 Å². The summed E-state index contributed by atoms with van der Waals surface area (Å²) in [5.41, 5.74) is 0.924. The Labute approximate surface area is 213 Å². The summed E-state index contributed by atoms with van der Waals surface area (Å²) < 4.78 is 38.3. The minimum Gasteiger partial charge on any atom is -0.497 e. The lowest BCUT2D eigenvalue weighted by atomic mass is 10.2. The number of carbonyl (C=O) groups is 1. The Hall–Kier alpha value is -2.49. The SMILES string of the molecule is COc1ccc(NC(=O)CN(Cc2ccc(Cl)c(Cl)c2)S(=O)(=O)c2ccc(Cl)cc2)c(OC)c1. The quantitative estimate of drug-likeness (QED) is 0.386. The van der Waals surface area contributed by atoms with E-state index in [0.29, 0.717) is 32.8 Å². The number of rotatable bonds is 9. The van der Waals surface area contributed by atoms with E-state index in [2.05, 4.69) is 5.32 Å². The molecule has 0 aliphatic carbocycles. The van der Waals surface area contributed by atoms with E-state index in [1.807, 2.05) is 0 Å². The summed E-state index contributed by atoms with van der Waals surface area (Å²) in [6.45, 7) is -0.588. The Morgan fingerprint density at radius 2 is 1.62 bits per heavy atom. The van der Waals surface area contributed by atoms with Gasteiger partial charge in [-0.25, -0.2) is 8.42 Å². The van der Waals surface area contributed by atoms with Crippen LogP contribution in [0.3, 0.4) is 0 Å². The minimum absolute atomic E-state index is 0.00760. The number of nitrogens with one attached hydrogen (secondary N) is 1. The van der Waals surface area contributed by atoms with Crippen molar-refractivity contribution >= 4 is 56.4 Å². The Bertz CT molecular complexity index is 1280. The van der Waals surface area contributed by atoms with Crippen molar-refractivity contribution in [3.8, 4) is 11.5 Å². The molecule has 3 aromatic rings. The molecule has 3 rings (SSSR count). The van der Waals surface area contributed by atoms with Gasteiger partial charge in [-0.05, 0) is 54.1 Å². The monoisotopic (exact) mass is 542 g/mol. The van der Waals surface area contributed by atoms with E-state index in [1.54, 1.807) is 36.4 Å². The van der Waals surface area contributed by atoms with Gasteiger partial charge in [-0.3, -0.25) is 4.79 Å². The zero-order valence-corrected chi connectivity index (χ0v) is 21.3. The molecule has 0 heterocycles. The highest BCUT2D eigenvalue weighted by atomic mass is 35.5. The van der Waals surface area contributed by atoms with Gasteiger partial charge in [0.15, 0.2) is 0 Å². The Morgan fingerprint density at radius 1 is 0.912 bits per heavy atom. The average molecular weight is 544 g/mol. The number of methoxy groups -OCH3 is 2. The van der Waals surface area contributed by atoms with Crippen molar-refractivity contribution in [2.24, 2.45) is 0 Å². The van der Waals surface area contributed by atoms with Crippen LogP contribution in [0.2, 0.25) is 15.1 Å². The number of benzene rings is 3. The molecule has 0 aliphatic heterocycles. The normalized spacial score (nSPS) is 11.4. The molecule has 3 aromatic carbocycles. The molecule has 0 spiro atoms. The van der Waals surface area contributed by atoms with Crippen LogP contribution in [0, 0.1) is 0 Å². The van der Waals surface area contributed by atoms with Crippen LogP contribution >= 0.6 is 34.8 Å². The predicted molar refractivity (Wildman–Crippen MR) is 134 cm³/mol. The molecule has 0 radical (unpaired) electrons. The number of amides is 1. The summed E-state index contributed by atoms with van der Waals surface area (Å²) in [6, 6.07) is 15.3. The number of nitrogens with zero attached hydrogens (tertiary/aromatic N) is 1. The summed E-state index contributed by atoms with van der Waals surface area (Å²) in [5.74, 6) is 0.340. The van der Waals surface area contributed by atoms with Crippen molar-refractivity contribution in [1.82, 2.24) is 4.31 Å². The van der Waals surface area contributed by atoms with Gasteiger partial charge in [0.25, 0.3) is 0 Å². The van der Waals surface area contributed by atoms with Gasteiger partial charge in [0, 0.05) is 17.6 Å². The van der Waals surface area contributed by atoms with Crippen molar-refractivity contribution < 1.29 is 22.7 Å². The van der Waals surface area contributed by atoms with E-state index in [1.165, 1.54) is 38.5 Å². The Balaban J connectivity index is 1.90. The molecule has 1 amide bonds. The van der Waals surface area contributed by atoms with Crippen molar-refractivity contribution in [3.63, 3.8) is 0 Å². The number of carbonyl (C=O) groups excluding carboxylic acids is 1. The van der Waals surface area contributed by atoms with Gasteiger partial charge in [-0.2, -0.15) is 4.31 Å². The lowest BCUT2D eigenvalue weighted by molar-refractivity contribution is -0.116. The van der Waals surface area contributed by atoms with E-state index < -0.39 is 22.5 Å². The number of ether oxygens (including phenoxy) is 2. The average Bonchev–Trinajstić information content (AvgIpc) is 2.81. The van der Waals surface area contributed by atoms with Gasteiger partial charge < -0.3 is 14.8 Å². The third kappa shape index (κ3) is 6.34. The smallest absolute Gasteiger partial charge is 0.243 e. The molecule has 7 nitrogen and oxygen atoms in total. The first-order valence-electron chi connectivity index (χ1n) is 9.85. The maximum Gasteiger partial charge on any atom is 0.243 e. The molecule has 0 saturated heterocycles. The van der Waals surface area contributed by atoms with Gasteiger partial charge >= 0.3 is 0 Å². The highest BCUT2D eigenvalue weighted by Crippen LogP contribution is 2.30. The third-order valence-electron chi connectivity index (χ3n) is 4.80. The molecule has 0 saturated carbocycles. The molecule has 1 N–H and O–H groups in total. The van der Waals surface area contributed by atoms with E-state index in [9.17, 15) is 13.2 Å². The molecule has 11 heteroatoms. The fraction of sp³-hybridized carbons (Fsp3) is 0.174. The van der Waals surface area contributed by atoms with Gasteiger partial charge in [0.05, 0.1) is 41.4 Å². The second kappa shape index (κ2) is 11.3. The van der Waals surface area contributed by atoms with E-state index >= 15 is 0 Å². The van der Waals surface area contributed by atoms with Gasteiger partial charge in [-0.1, -0.05) is 40.9 Å². The second-order valence-corrected chi connectivity index (χ2v) is 10.3. The predicted octanol–water partition coefficient (Wildman–Crippen LogP) is 5.49. The summed E-state index contributed by atoms with van der Waals surface area (Å²) in [5, 5.41) is 3.69. The molecule has 0 fully saturated rings. The lowest BCUT2D eigenvalue weighted by Gasteiger charge is -2.22. The van der Waals surface area contributed by atoms with Crippen molar-refractivity contribution in [1.29, 1.82) is 0 Å². The highest BCUT2D eigenvalue weighted by Gasteiger charge is 2.27. The Morgan fingerprint density at radius 3 is 2.24 bits per heavy atom. The van der Waals surface area contributed by atoms with Gasteiger partial charge in [-0.15, -0.1) is 0 Å². The van der Waals surface area contributed by atoms with Crippen LogP contribution in [0.4, 0.5) is 5.69 Å². The standard InChI is InChI=1S/C23H21Cl3N2O5S/c1-32-17-6-10-21(22(12-17)33-2)27-23(29)14-28(13-15-3-9-19(25)20(26)11-15)34(30,31)18-7-4-16(24)5-8-18/h3-12H,13-14H2,1-2H3,(H,27,29). The zero-order valence-electron chi connectivity index (χ0n) is 18.2. The molecule has 180 valence electrons. The van der Waals surface area contributed by atoms with Crippen molar-refractivity contribution in [3.05, 3.63) is 81.3 Å². The van der Waals surface area contributed by atoms with Crippen LogP contribution in [-0.2, 0) is 21.4 Å². The fourth-order valence-electron chi connectivity index (χ4n) is 3.07. The number of halogens is 3. The number of hydrogen-bond acceptors (Lipinski definition) is 5. The molecule has 0 aliphatic rings. The fourth-order valence-corrected chi connectivity index (χ4v) is 4.91. The summed E-state index contributed by atoms with van der Waals surface area (Å²) in [7, 11) is -1.11. The van der Waals surface area contributed by atoms with Crippen molar-refractivity contribution in [2.45, 2.75) is 11.4 Å². The molecular formula is C23H21Cl3N2O5S. The summed E-state index contributed by atoms with van der Waals surface area (Å²) in [6.07, 6.45) is 0. The van der Waals surface area contributed by atoms with Crippen LogP contribution in [0.1, 0.15) is 5.56 Å². The molecule has 0 unspecified atom stereocenters. The number of hydrogen-bond donors (Lipinski definition) is 1. The number of sulfonamides is 1. The third-order valence-corrected chi connectivity index (χ3v) is 7.59. The topological polar surface area (TPSA) is 84.9 Å². The molecule has 0 atom stereocenters. The maximum atomic E-state index is 13.4. The molecule has 0 aromatic heterocycles. The second-order valence-electron chi connectivity index (χ2n) is 7.09. The highest BCUT2D eigenvalue weighted by molar-refractivity contribution is 7.89. The van der Waals surface area contributed by atoms with Crippen LogP contribution in [0.25, 0.3) is 0 Å². The van der Waals surface area contributed by atoms with Crippen molar-refractivity contribution in [2.75, 3.05) is 26.1 Å². The summed E-state index contributed by atoms with van der Waals surface area (Å²) >= 11 is 18.0. The number of anilines is 1. The van der Waals surface area contributed by atoms with Crippen LogP contribution < -0.4 is 14.8 Å². The maximum absolute atomic E-state index is 13.4. The van der Waals surface area contributed by atoms with E-state index in [4.69, 9.17) is 44.3 Å². The molecular weight excluding hydrogens is 523 g/mol. The zero-order chi connectivity index (χ0) is 24.9. The largest absolute Gasteiger partial charge is 0.497 e. The van der Waals surface area contributed by atoms with Gasteiger partial charge in [0.1, 0.15) is 11.5 Å². The first-order chi connectivity index (χ1) is 16.1. The summed E-state index contributed by atoms with van der Waals surface area (Å²) in [4.78, 5) is 12.9. The molecule has 34 heavy (non-hydrogen) atoms. The van der Waals surface area contributed by atoms with Crippen LogP contribution in [-0.4, -0.2) is 39.4 Å². The van der Waals surface area contributed by atoms with Crippen LogP contribution in [0.5, 0.6) is 11.5 Å². The van der Waals surface area contributed by atoms with E-state index in [-0.39, 0.29) is 16.5 Å². The van der Waals surface area contributed by atoms with E-state index in [0.717, 1.165) is 4.31 Å². The first kappa shape index (κ1) is 26.1. The lowest BCUT2D eigenvalue weighted by Crippen LogP contribution is -2.37.